The standard InChI is InChI=1S/C55H35N3S.Pt/c1-36-43-30-32-57-53(38-16-14-20-42(34-38)58(40-17-3-2-4-18-40)41-19-13-15-37(33-41)52-27-11-12-31-56-52)55(43)59-54(36)39-28-29-50-48-25-8-7-23-46(48)44-21-5-6-22-45(44)47-24-9-10-26-49(47)51(50)35-39;/h2-32,35H,1H3;/q-2;+2. The van der Waals surface area contributed by atoms with Gasteiger partial charge in [0, 0.05) is 33.4 Å². The third kappa shape index (κ3) is 6.50. The van der Waals surface area contributed by atoms with Gasteiger partial charge in [-0.3, -0.25) is 0 Å². The maximum absolute atomic E-state index is 5.04. The number of benzene rings is 7. The van der Waals surface area contributed by atoms with Gasteiger partial charge in [-0.1, -0.05) is 115 Å². The van der Waals surface area contributed by atoms with Crippen LogP contribution in [0.5, 0.6) is 0 Å². The van der Waals surface area contributed by atoms with Gasteiger partial charge in [0.05, 0.1) is 0 Å². The number of aryl methyl sites for hydroxylation is 1. The fraction of sp³-hybridized carbons (Fsp3) is 0.0182. The zero-order valence-electron chi connectivity index (χ0n) is 32.5. The van der Waals surface area contributed by atoms with Crippen molar-refractivity contribution in [2.24, 2.45) is 0 Å². The van der Waals surface area contributed by atoms with Crippen molar-refractivity contribution in [1.82, 2.24) is 9.97 Å². The molecule has 0 atom stereocenters. The quantitative estimate of drug-likeness (QED) is 0.156. The maximum atomic E-state index is 5.04. The van der Waals surface area contributed by atoms with Gasteiger partial charge in [-0.25, -0.2) is 0 Å². The van der Waals surface area contributed by atoms with Crippen molar-refractivity contribution in [1.29, 1.82) is 0 Å². The smallest absolute Gasteiger partial charge is 0.346 e. The molecule has 0 fully saturated rings. The molecule has 1 aliphatic rings. The number of pyridine rings is 2. The van der Waals surface area contributed by atoms with Crippen molar-refractivity contribution in [2.75, 3.05) is 4.90 Å². The number of fused-ring (bicyclic) bond motifs is 9. The summed E-state index contributed by atoms with van der Waals surface area (Å²) in [6.07, 6.45) is 3.75. The van der Waals surface area contributed by atoms with Crippen LogP contribution in [0.1, 0.15) is 5.56 Å². The first-order chi connectivity index (χ1) is 29.2. The average Bonchev–Trinajstić information content (AvgIpc) is 3.65. The van der Waals surface area contributed by atoms with Crippen molar-refractivity contribution >= 4 is 38.5 Å². The van der Waals surface area contributed by atoms with E-state index in [0.717, 1.165) is 44.3 Å². The van der Waals surface area contributed by atoms with Crippen LogP contribution >= 0.6 is 11.3 Å². The first kappa shape index (κ1) is 37.6. The molecule has 0 radical (unpaired) electrons. The van der Waals surface area contributed by atoms with E-state index in [4.69, 9.17) is 4.98 Å². The summed E-state index contributed by atoms with van der Waals surface area (Å²) in [5.41, 5.74) is 18.9. The minimum absolute atomic E-state index is 0. The molecule has 0 spiro atoms. The van der Waals surface area contributed by atoms with Crippen molar-refractivity contribution in [3.63, 3.8) is 0 Å². The van der Waals surface area contributed by atoms with E-state index in [1.54, 1.807) is 0 Å². The SMILES string of the molecule is Cc1c(-c2ccc3c(c2)-c2ccccc2-c2ccccc2-c2ccccc2-3)sc2c(-c3[c-]c(N(c4[c-]c(-c5ccccn5)ccc4)c4ccccc4)ccc3)nccc12.[Pt+2]. The molecule has 0 amide bonds. The number of hydrogen-bond donors (Lipinski definition) is 0. The fourth-order valence-corrected chi connectivity index (χ4v) is 9.89. The molecular weight excluding hydrogens is 930 g/mol. The molecular formula is C55H35N3PtS. The van der Waals surface area contributed by atoms with Crippen molar-refractivity contribution < 1.29 is 21.1 Å². The van der Waals surface area contributed by atoms with Gasteiger partial charge in [-0.15, -0.1) is 71.0 Å². The van der Waals surface area contributed by atoms with Crippen LogP contribution in [0.4, 0.5) is 17.1 Å². The molecule has 10 aromatic rings. The van der Waals surface area contributed by atoms with Gasteiger partial charge >= 0.3 is 21.1 Å². The van der Waals surface area contributed by atoms with Crippen LogP contribution in [-0.4, -0.2) is 9.97 Å². The topological polar surface area (TPSA) is 29.0 Å². The molecule has 0 aliphatic heterocycles. The van der Waals surface area contributed by atoms with Crippen molar-refractivity contribution in [3.05, 3.63) is 212 Å². The minimum atomic E-state index is 0. The molecule has 0 N–H and O–H groups in total. The van der Waals surface area contributed by atoms with E-state index in [-0.39, 0.29) is 21.1 Å². The number of rotatable bonds is 6. The third-order valence-corrected chi connectivity index (χ3v) is 12.7. The number of anilines is 3. The van der Waals surface area contributed by atoms with E-state index in [9.17, 15) is 0 Å². The third-order valence-electron chi connectivity index (χ3n) is 11.3. The van der Waals surface area contributed by atoms with Gasteiger partial charge in [0.25, 0.3) is 0 Å². The Labute approximate surface area is 368 Å². The molecule has 0 saturated heterocycles. The van der Waals surface area contributed by atoms with E-state index >= 15 is 0 Å². The molecule has 7 aromatic carbocycles. The Morgan fingerprint density at radius 3 is 1.63 bits per heavy atom. The second-order valence-electron chi connectivity index (χ2n) is 14.8. The van der Waals surface area contributed by atoms with Gasteiger partial charge in [-0.2, -0.15) is 0 Å². The molecule has 3 aromatic heterocycles. The summed E-state index contributed by atoms with van der Waals surface area (Å²) in [6.45, 7) is 2.25. The van der Waals surface area contributed by atoms with Gasteiger partial charge in [0.2, 0.25) is 0 Å². The minimum Gasteiger partial charge on any atom is -0.346 e. The summed E-state index contributed by atoms with van der Waals surface area (Å²) < 4.78 is 1.15. The Bertz CT molecular complexity index is 3190. The van der Waals surface area contributed by atoms with E-state index in [1.165, 1.54) is 65.9 Å². The predicted molar refractivity (Wildman–Crippen MR) is 246 cm³/mol. The van der Waals surface area contributed by atoms with Crippen LogP contribution in [0, 0.1) is 19.1 Å². The van der Waals surface area contributed by atoms with Gasteiger partial charge in [-0.05, 0) is 115 Å². The summed E-state index contributed by atoms with van der Waals surface area (Å²) in [5, 5.41) is 1.21. The average molecular weight is 965 g/mol. The number of para-hydroxylation sites is 1. The molecule has 11 rings (SSSR count). The summed E-state index contributed by atoms with van der Waals surface area (Å²) in [4.78, 5) is 13.1. The van der Waals surface area contributed by atoms with Gasteiger partial charge in [0.1, 0.15) is 0 Å². The normalized spacial score (nSPS) is 11.3. The molecule has 3 heterocycles. The van der Waals surface area contributed by atoms with E-state index in [2.05, 4.69) is 187 Å². The Morgan fingerprint density at radius 2 is 1.02 bits per heavy atom. The molecule has 0 saturated carbocycles. The molecule has 60 heavy (non-hydrogen) atoms. The number of hydrogen-bond acceptors (Lipinski definition) is 4. The molecule has 0 unspecified atom stereocenters. The summed E-state index contributed by atoms with van der Waals surface area (Å²) >= 11 is 1.81. The number of aromatic nitrogens is 2. The maximum Gasteiger partial charge on any atom is 2.00 e. The first-order valence-corrected chi connectivity index (χ1v) is 20.6. The first-order valence-electron chi connectivity index (χ1n) is 19.8. The largest absolute Gasteiger partial charge is 2.00 e. The van der Waals surface area contributed by atoms with Crippen LogP contribution in [0.2, 0.25) is 0 Å². The van der Waals surface area contributed by atoms with E-state index in [0.29, 0.717) is 0 Å². The zero-order chi connectivity index (χ0) is 39.3. The second kappa shape index (κ2) is 15.8. The van der Waals surface area contributed by atoms with E-state index in [1.807, 2.05) is 48.0 Å². The van der Waals surface area contributed by atoms with E-state index < -0.39 is 0 Å². The second-order valence-corrected chi connectivity index (χ2v) is 15.8. The molecule has 286 valence electrons. The summed E-state index contributed by atoms with van der Waals surface area (Å²) in [6, 6.07) is 72.0. The monoisotopic (exact) mass is 964 g/mol. The molecule has 0 bridgehead atoms. The Hall–Kier alpha value is -6.71. The Balaban J connectivity index is 0.00000433. The van der Waals surface area contributed by atoms with Crippen molar-refractivity contribution in [3.8, 4) is 77.5 Å². The Kier molecular flexibility index (Phi) is 9.89. The van der Waals surface area contributed by atoms with Crippen LogP contribution < -0.4 is 4.90 Å². The molecule has 5 heteroatoms. The van der Waals surface area contributed by atoms with Crippen LogP contribution in [0.15, 0.2) is 194 Å². The van der Waals surface area contributed by atoms with Crippen molar-refractivity contribution in [2.45, 2.75) is 6.92 Å². The van der Waals surface area contributed by atoms with Crippen LogP contribution in [0.25, 0.3) is 87.5 Å². The van der Waals surface area contributed by atoms with Crippen LogP contribution in [0.3, 0.4) is 0 Å². The number of nitrogens with zero attached hydrogens (tertiary/aromatic N) is 3. The predicted octanol–water partition coefficient (Wildman–Crippen LogP) is 15.0. The van der Waals surface area contributed by atoms with Crippen LogP contribution in [-0.2, 0) is 21.1 Å². The number of thiophene rings is 1. The van der Waals surface area contributed by atoms with Gasteiger partial charge in [0.15, 0.2) is 0 Å². The Morgan fingerprint density at radius 1 is 0.467 bits per heavy atom. The fourth-order valence-electron chi connectivity index (χ4n) is 8.59. The molecule has 3 nitrogen and oxygen atoms in total. The van der Waals surface area contributed by atoms with Gasteiger partial charge < -0.3 is 14.9 Å². The molecule has 1 aliphatic carbocycles. The summed E-state index contributed by atoms with van der Waals surface area (Å²) in [7, 11) is 0. The zero-order valence-corrected chi connectivity index (χ0v) is 35.6. The summed E-state index contributed by atoms with van der Waals surface area (Å²) in [5.74, 6) is 0.